The molecular weight excluding hydrogens is 883 g/mol. The lowest BCUT2D eigenvalue weighted by molar-refractivity contribution is -0.141. The molecule has 1 saturated heterocycles. The highest BCUT2D eigenvalue weighted by Gasteiger charge is 2.69. The van der Waals surface area contributed by atoms with E-state index in [0.29, 0.717) is 42.3 Å². The molecule has 5 atom stereocenters. The molecule has 0 spiro atoms. The summed E-state index contributed by atoms with van der Waals surface area (Å²) in [6.07, 6.45) is 6.14. The Labute approximate surface area is 407 Å². The molecular formula is C57H65N3O8Si. The number of methoxy groups -OCH3 is 1. The summed E-state index contributed by atoms with van der Waals surface area (Å²) < 4.78 is 33.3. The van der Waals surface area contributed by atoms with Crippen LogP contribution in [-0.2, 0) is 35.4 Å². The normalized spacial score (nSPS) is 22.4. The molecule has 9 rings (SSSR count). The summed E-state index contributed by atoms with van der Waals surface area (Å²) in [4.78, 5) is 37.1. The predicted molar refractivity (Wildman–Crippen MR) is 270 cm³/mol. The highest BCUT2D eigenvalue weighted by molar-refractivity contribution is 6.74. The second-order valence-electron chi connectivity index (χ2n) is 20.5. The minimum atomic E-state index is -3.01. The number of aromatic nitrogens is 1. The molecule has 2 fully saturated rings. The number of nitrogens with zero attached hydrogens (tertiary/aromatic N) is 3. The van der Waals surface area contributed by atoms with Crippen LogP contribution in [0.15, 0.2) is 132 Å². The van der Waals surface area contributed by atoms with E-state index in [1.165, 1.54) is 5.56 Å². The van der Waals surface area contributed by atoms with Gasteiger partial charge in [0.15, 0.2) is 19.7 Å². The number of ether oxygens (including phenoxy) is 3. The largest absolute Gasteiger partial charge is 0.507 e. The molecule has 5 aromatic rings. The van der Waals surface area contributed by atoms with Crippen LogP contribution in [0.3, 0.4) is 0 Å². The first-order chi connectivity index (χ1) is 33.2. The van der Waals surface area contributed by atoms with E-state index in [1.807, 2.05) is 72.8 Å². The minimum absolute atomic E-state index is 0.00515. The Morgan fingerprint density at radius 3 is 2.09 bits per heavy atom. The predicted octanol–water partition coefficient (Wildman–Crippen LogP) is 11.6. The molecule has 1 unspecified atom stereocenters. The lowest BCUT2D eigenvalue weighted by atomic mass is 9.57. The van der Waals surface area contributed by atoms with Crippen LogP contribution in [-0.4, -0.2) is 72.3 Å². The summed E-state index contributed by atoms with van der Waals surface area (Å²) >= 11 is 0. The van der Waals surface area contributed by atoms with Crippen molar-refractivity contribution in [3.63, 3.8) is 0 Å². The Hall–Kier alpha value is -6.05. The van der Waals surface area contributed by atoms with Gasteiger partial charge in [0.05, 0.1) is 18.7 Å². The average Bonchev–Trinajstić information content (AvgIpc) is 3.98. The highest BCUT2D eigenvalue weighted by atomic mass is 28.4. The molecule has 69 heavy (non-hydrogen) atoms. The molecule has 2 heterocycles. The standard InChI is InChI=1S/C57H65N3O8Si/c1-9-28-59(29-10-2)49-43-32-40-31-42-47(45(65-35-38-23-16-12-17-24-38)33-41(51(42)64-6)44-27-20-30-60(44)34-37-21-14-11-15-22-37)50(61)46(40)53(62)57(43,68-69(7,8)56(3,4)5)54(63)48-52(49)67-58-55(48)66-36-39-25-18-13-19-26-39/h9-19,21-26,33,40,43-44,49,61H,1-2,20,27-32,34-36H2,3-8H3/t40-,43-,44-,49-,57?/m0/s1. The monoisotopic (exact) mass is 947 g/mol. The molecule has 3 aliphatic carbocycles. The molecule has 360 valence electrons. The lowest BCUT2D eigenvalue weighted by Crippen LogP contribution is -2.68. The number of hydrogen-bond donors (Lipinski definition) is 1. The average molecular weight is 948 g/mol. The van der Waals surface area contributed by atoms with Gasteiger partial charge in [0.1, 0.15) is 36.0 Å². The highest BCUT2D eigenvalue weighted by Crippen LogP contribution is 2.60. The zero-order chi connectivity index (χ0) is 48.7. The van der Waals surface area contributed by atoms with Crippen LogP contribution in [0.2, 0.25) is 18.1 Å². The summed E-state index contributed by atoms with van der Waals surface area (Å²) in [5.41, 5.74) is 3.32. The Balaban J connectivity index is 1.24. The van der Waals surface area contributed by atoms with Crippen molar-refractivity contribution in [2.45, 2.75) is 102 Å². The first-order valence-corrected chi connectivity index (χ1v) is 27.2. The van der Waals surface area contributed by atoms with Gasteiger partial charge >= 0.3 is 0 Å². The van der Waals surface area contributed by atoms with Crippen LogP contribution in [0.1, 0.15) is 102 Å². The Morgan fingerprint density at radius 1 is 0.884 bits per heavy atom. The van der Waals surface area contributed by atoms with E-state index in [0.717, 1.165) is 48.2 Å². The Bertz CT molecular complexity index is 2740. The van der Waals surface area contributed by atoms with Crippen molar-refractivity contribution in [1.82, 2.24) is 15.0 Å². The number of ketones is 2. The maximum Gasteiger partial charge on any atom is 0.265 e. The number of fused-ring (bicyclic) bond motifs is 4. The Morgan fingerprint density at radius 2 is 1.49 bits per heavy atom. The topological polar surface area (TPSA) is 124 Å². The summed E-state index contributed by atoms with van der Waals surface area (Å²) in [5.74, 6) is -1.27. The van der Waals surface area contributed by atoms with E-state index in [4.69, 9.17) is 23.2 Å². The Kier molecular flexibility index (Phi) is 13.5. The van der Waals surface area contributed by atoms with Crippen LogP contribution < -0.4 is 14.2 Å². The van der Waals surface area contributed by atoms with Crippen molar-refractivity contribution in [3.8, 4) is 17.4 Å². The van der Waals surface area contributed by atoms with E-state index in [2.05, 4.69) is 86.2 Å². The van der Waals surface area contributed by atoms with Gasteiger partial charge in [-0.3, -0.25) is 19.4 Å². The number of aliphatic hydroxyl groups excluding tert-OH is 1. The van der Waals surface area contributed by atoms with Crippen molar-refractivity contribution in [3.05, 3.63) is 173 Å². The van der Waals surface area contributed by atoms with Gasteiger partial charge in [0, 0.05) is 48.3 Å². The molecule has 1 saturated carbocycles. The van der Waals surface area contributed by atoms with Gasteiger partial charge in [-0.2, -0.15) is 0 Å². The van der Waals surface area contributed by atoms with E-state index in [-0.39, 0.29) is 48.5 Å². The minimum Gasteiger partial charge on any atom is -0.507 e. The first kappa shape index (κ1) is 48.0. The molecule has 11 nitrogen and oxygen atoms in total. The van der Waals surface area contributed by atoms with Gasteiger partial charge in [-0.05, 0) is 84.2 Å². The van der Waals surface area contributed by atoms with Crippen LogP contribution >= 0.6 is 0 Å². The van der Waals surface area contributed by atoms with Crippen LogP contribution in [0.5, 0.6) is 17.4 Å². The fourth-order valence-electron chi connectivity index (χ4n) is 11.0. The number of hydrogen-bond acceptors (Lipinski definition) is 11. The quantitative estimate of drug-likeness (QED) is 0.0544. The second kappa shape index (κ2) is 19.4. The fourth-order valence-corrected chi connectivity index (χ4v) is 12.4. The number of carbonyl (C=O) groups is 2. The van der Waals surface area contributed by atoms with Crippen molar-refractivity contribution >= 4 is 25.6 Å². The SMILES string of the molecule is C=CCN(CC=C)[C@@H]1c2onc(OCc3ccccc3)c2C(=O)C2(O[Si](C)(C)C(C)(C)C)C(=O)C3=C(O)c4c(OCc5ccccc5)cc([C@@H]5CCCN5Cc5ccccc5)c(OC)c4C[C@H]3C[C@@H]12. The maximum absolute atomic E-state index is 16.4. The molecule has 4 aliphatic rings. The third-order valence-electron chi connectivity index (χ3n) is 15.2. The van der Waals surface area contributed by atoms with E-state index in [1.54, 1.807) is 19.3 Å². The zero-order valence-electron chi connectivity index (χ0n) is 40.8. The van der Waals surface area contributed by atoms with Crippen LogP contribution in [0.25, 0.3) is 5.76 Å². The summed E-state index contributed by atoms with van der Waals surface area (Å²) in [7, 11) is -1.33. The van der Waals surface area contributed by atoms with Gasteiger partial charge in [-0.1, -0.05) is 124 Å². The van der Waals surface area contributed by atoms with Gasteiger partial charge in [0.25, 0.3) is 5.88 Å². The van der Waals surface area contributed by atoms with Crippen molar-refractivity contribution in [1.29, 1.82) is 0 Å². The van der Waals surface area contributed by atoms with Crippen LogP contribution in [0, 0.1) is 11.8 Å². The third kappa shape index (κ3) is 8.70. The molecule has 0 amide bonds. The molecule has 1 N–H and O–H groups in total. The molecule has 1 aromatic heterocycles. The van der Waals surface area contributed by atoms with Gasteiger partial charge < -0.3 is 28.3 Å². The van der Waals surface area contributed by atoms with Gasteiger partial charge in [-0.15, -0.1) is 13.2 Å². The molecule has 4 aromatic carbocycles. The van der Waals surface area contributed by atoms with Crippen molar-refractivity contribution < 1.29 is 37.9 Å². The molecule has 0 bridgehead atoms. The van der Waals surface area contributed by atoms with E-state index >= 15 is 9.59 Å². The zero-order valence-corrected chi connectivity index (χ0v) is 41.8. The summed E-state index contributed by atoms with van der Waals surface area (Å²) in [6.45, 7) is 21.4. The number of aliphatic hydroxyl groups is 1. The number of rotatable bonds is 17. The second-order valence-corrected chi connectivity index (χ2v) is 25.2. The van der Waals surface area contributed by atoms with Gasteiger partial charge in [-0.25, -0.2) is 0 Å². The maximum atomic E-state index is 16.4. The molecule has 12 heteroatoms. The summed E-state index contributed by atoms with van der Waals surface area (Å²) in [5, 5.41) is 17.1. The van der Waals surface area contributed by atoms with Crippen LogP contribution in [0.4, 0.5) is 0 Å². The fraction of sp³-hybridized carbons (Fsp3) is 0.386. The van der Waals surface area contributed by atoms with E-state index in [9.17, 15) is 5.11 Å². The van der Waals surface area contributed by atoms with Crippen molar-refractivity contribution in [2.75, 3.05) is 26.7 Å². The number of likely N-dealkylation sites (tertiary alicyclic amines) is 1. The number of benzene rings is 4. The lowest BCUT2D eigenvalue weighted by Gasteiger charge is -2.55. The molecule has 1 aliphatic heterocycles. The first-order valence-electron chi connectivity index (χ1n) is 24.3. The smallest absolute Gasteiger partial charge is 0.265 e. The molecule has 0 radical (unpaired) electrons. The van der Waals surface area contributed by atoms with Gasteiger partial charge in [0.2, 0.25) is 11.6 Å². The number of Topliss-reactive ketones (excluding diaryl/α,β-unsaturated/α-hetero) is 2. The van der Waals surface area contributed by atoms with Crippen molar-refractivity contribution in [2.24, 2.45) is 11.8 Å². The number of carbonyl (C=O) groups excluding carboxylic acids is 2. The third-order valence-corrected chi connectivity index (χ3v) is 19.7. The van der Waals surface area contributed by atoms with E-state index < -0.39 is 48.4 Å². The summed E-state index contributed by atoms with van der Waals surface area (Å²) in [6, 6.07) is 31.3.